The molecule has 3 unspecified atom stereocenters. The number of para-hydroxylation sites is 2. The Hall–Kier alpha value is -3.58. The number of hydrogen-bond donors (Lipinski definition) is 1. The first-order valence-corrected chi connectivity index (χ1v) is 20.7. The summed E-state index contributed by atoms with van der Waals surface area (Å²) >= 11 is 0. The van der Waals surface area contributed by atoms with Crippen molar-refractivity contribution in [2.75, 3.05) is 76.3 Å². The van der Waals surface area contributed by atoms with E-state index in [1.54, 1.807) is 42.3 Å². The average molecular weight is 803 g/mol. The van der Waals surface area contributed by atoms with E-state index in [9.17, 15) is 9.59 Å². The minimum Gasteiger partial charge on any atom is -0.493 e. The molecule has 4 fully saturated rings. The number of likely N-dealkylation sites (tertiary alicyclic amines) is 2. The summed E-state index contributed by atoms with van der Waals surface area (Å²) in [7, 11) is 12.7. The summed E-state index contributed by atoms with van der Waals surface area (Å²) in [5.41, 5.74) is 1.76. The summed E-state index contributed by atoms with van der Waals surface area (Å²) in [5.74, 6) is 3.58. The highest BCUT2D eigenvalue weighted by atomic mass is 16.7. The minimum absolute atomic E-state index is 0.0683. The molecule has 2 aliphatic heterocycles. The molecule has 0 aromatic heterocycles. The van der Waals surface area contributed by atoms with E-state index < -0.39 is 6.79 Å². The third kappa shape index (κ3) is 15.6. The second kappa shape index (κ2) is 27.2. The molecule has 6 rings (SSSR count). The van der Waals surface area contributed by atoms with Crippen LogP contribution in [0, 0.1) is 11.8 Å². The van der Waals surface area contributed by atoms with Crippen LogP contribution < -0.4 is 18.9 Å². The number of ether oxygens (including phenoxy) is 7. The van der Waals surface area contributed by atoms with Gasteiger partial charge in [0.2, 0.25) is 0 Å². The van der Waals surface area contributed by atoms with Crippen molar-refractivity contribution in [1.82, 2.24) is 9.80 Å². The van der Waals surface area contributed by atoms with E-state index in [4.69, 9.17) is 24.1 Å². The highest BCUT2D eigenvalue weighted by Gasteiger charge is 2.48. The van der Waals surface area contributed by atoms with Gasteiger partial charge in [0, 0.05) is 31.0 Å². The van der Waals surface area contributed by atoms with Crippen molar-refractivity contribution in [1.29, 1.82) is 0 Å². The molecule has 0 spiro atoms. The molecule has 324 valence electrons. The van der Waals surface area contributed by atoms with E-state index in [2.05, 4.69) is 56.3 Å². The number of rotatable bonds is 11. The average Bonchev–Trinajstić information content (AvgIpc) is 3.80. The maximum atomic E-state index is 10.5. The summed E-state index contributed by atoms with van der Waals surface area (Å²) in [6.07, 6.45) is 15.3. The molecule has 2 heterocycles. The van der Waals surface area contributed by atoms with Crippen LogP contribution >= 0.6 is 0 Å². The summed E-state index contributed by atoms with van der Waals surface area (Å²) in [6.45, 7) is 7.45. The van der Waals surface area contributed by atoms with E-state index in [0.717, 1.165) is 41.4 Å². The van der Waals surface area contributed by atoms with Gasteiger partial charge in [0.05, 0.1) is 34.4 Å². The van der Waals surface area contributed by atoms with Crippen LogP contribution in [0.25, 0.3) is 0 Å². The topological polar surface area (TPSA) is 125 Å². The molecule has 1 N–H and O–H groups in total. The Morgan fingerprint density at radius 1 is 0.754 bits per heavy atom. The van der Waals surface area contributed by atoms with E-state index in [1.165, 1.54) is 90.0 Å². The molecule has 57 heavy (non-hydrogen) atoms. The highest BCUT2D eigenvalue weighted by Crippen LogP contribution is 2.49. The van der Waals surface area contributed by atoms with Gasteiger partial charge in [0.1, 0.15) is 0 Å². The highest BCUT2D eigenvalue weighted by molar-refractivity contribution is 5.71. The van der Waals surface area contributed by atoms with Gasteiger partial charge in [-0.05, 0) is 108 Å². The van der Waals surface area contributed by atoms with Crippen LogP contribution in [0.3, 0.4) is 0 Å². The molecule has 2 aromatic rings. The van der Waals surface area contributed by atoms with Crippen molar-refractivity contribution < 1.29 is 47.9 Å². The minimum atomic E-state index is -0.517. The Morgan fingerprint density at radius 3 is 1.91 bits per heavy atom. The molecule has 4 aliphatic rings. The third-order valence-electron chi connectivity index (χ3n) is 11.4. The molecule has 12 heteroatoms. The van der Waals surface area contributed by atoms with Crippen LogP contribution in [-0.2, 0) is 29.2 Å². The van der Waals surface area contributed by atoms with Crippen molar-refractivity contribution in [2.24, 2.45) is 11.8 Å². The number of esters is 2. The van der Waals surface area contributed by atoms with E-state index >= 15 is 0 Å². The number of hydrogen-bond acceptors (Lipinski definition) is 12. The number of aliphatic hydroxyl groups excluding tert-OH is 1. The second-order valence-electron chi connectivity index (χ2n) is 15.4. The van der Waals surface area contributed by atoms with Crippen molar-refractivity contribution in [2.45, 2.75) is 115 Å². The Kier molecular flexibility index (Phi) is 23.6. The van der Waals surface area contributed by atoms with Gasteiger partial charge in [0.15, 0.2) is 36.6 Å². The first-order valence-electron chi connectivity index (χ1n) is 20.7. The molecule has 2 aromatic carbocycles. The first-order chi connectivity index (χ1) is 27.5. The molecule has 0 amide bonds. The number of carbonyl (C=O) groups excluding carboxylic acids is 2. The van der Waals surface area contributed by atoms with Gasteiger partial charge in [-0.3, -0.25) is 9.59 Å². The lowest BCUT2D eigenvalue weighted by Crippen LogP contribution is -2.43. The first kappa shape index (κ1) is 49.6. The normalized spacial score (nSPS) is 22.2. The van der Waals surface area contributed by atoms with Crippen molar-refractivity contribution in [3.63, 3.8) is 0 Å². The Morgan fingerprint density at radius 2 is 1.37 bits per heavy atom. The Balaban J connectivity index is 0.000000261. The molecule has 0 bridgehead atoms. The fourth-order valence-corrected chi connectivity index (χ4v) is 8.37. The molecule has 2 aliphatic carbocycles. The monoisotopic (exact) mass is 803 g/mol. The predicted octanol–water partition coefficient (Wildman–Crippen LogP) is 7.87. The maximum Gasteiger partial charge on any atom is 0.310 e. The van der Waals surface area contributed by atoms with Gasteiger partial charge in [-0.2, -0.15) is 0 Å². The summed E-state index contributed by atoms with van der Waals surface area (Å²) in [6, 6.07) is 15.7. The quantitative estimate of drug-likeness (QED) is 0.176. The lowest BCUT2D eigenvalue weighted by molar-refractivity contribution is -0.156. The number of fused-ring (bicyclic) bond motifs is 2. The number of likely N-dealkylation sites (N-methyl/N-ethyl adjacent to an activating group) is 1. The van der Waals surface area contributed by atoms with Gasteiger partial charge in [-0.1, -0.05) is 64.7 Å². The Bertz CT molecular complexity index is 1400. The maximum absolute atomic E-state index is 10.5. The van der Waals surface area contributed by atoms with Gasteiger partial charge in [-0.25, -0.2) is 0 Å². The number of aliphatic hydroxyl groups is 1. The Labute approximate surface area is 343 Å². The van der Waals surface area contributed by atoms with E-state index in [1.807, 2.05) is 31.2 Å². The van der Waals surface area contributed by atoms with Gasteiger partial charge in [-0.15, -0.1) is 0 Å². The summed E-state index contributed by atoms with van der Waals surface area (Å²) < 4.78 is 34.2. The molecular weight excluding hydrogens is 728 g/mol. The van der Waals surface area contributed by atoms with Crippen LogP contribution in [-0.4, -0.2) is 115 Å². The van der Waals surface area contributed by atoms with Crippen molar-refractivity contribution in [3.8, 4) is 23.0 Å². The summed E-state index contributed by atoms with van der Waals surface area (Å²) in [4.78, 5) is 26.0. The second-order valence-corrected chi connectivity index (χ2v) is 15.4. The lowest BCUT2D eigenvalue weighted by atomic mass is 9.66. The van der Waals surface area contributed by atoms with Crippen LogP contribution in [0.2, 0.25) is 0 Å². The van der Waals surface area contributed by atoms with Crippen LogP contribution in [0.4, 0.5) is 0 Å². The molecule has 2 saturated carbocycles. The standard InChI is InChI=1S/C17H25NO2.C9H17N.C8H10O2.C6H12O3.C5H10O3/c1-18-11-10-17(9-5-4-6-16(17)18)13-7-8-14(19-2)15(12-13)20-3;1-10-7-6-8-4-2-3-5-9(8)10;1-9-7-5-3-4-6-8(7)10-2;1-3-4-6(7)9-5-8-2;1-4(2)5(7)8-3-6/h7-8,12,16H,4-6,9-11H2,1-3H3;8-9H,2-7H2,1H3;3-6H,1-2H3;3-5H2,1-2H3;4,6H,3H2,1-2H3/t16?,17-;;;;/m0..../s1. The molecular formula is C45H74N2O10. The van der Waals surface area contributed by atoms with Crippen LogP contribution in [0.1, 0.15) is 103 Å². The van der Waals surface area contributed by atoms with Crippen LogP contribution in [0.5, 0.6) is 23.0 Å². The molecule has 12 nitrogen and oxygen atoms in total. The van der Waals surface area contributed by atoms with E-state index in [0.29, 0.717) is 17.9 Å². The lowest BCUT2D eigenvalue weighted by Gasteiger charge is -2.42. The fourth-order valence-electron chi connectivity index (χ4n) is 8.37. The van der Waals surface area contributed by atoms with Crippen LogP contribution in [0.15, 0.2) is 42.5 Å². The van der Waals surface area contributed by atoms with E-state index in [-0.39, 0.29) is 24.6 Å². The van der Waals surface area contributed by atoms with Crippen molar-refractivity contribution in [3.05, 3.63) is 48.0 Å². The van der Waals surface area contributed by atoms with Crippen molar-refractivity contribution >= 4 is 11.9 Å². The molecule has 2 saturated heterocycles. The van der Waals surface area contributed by atoms with Gasteiger partial charge >= 0.3 is 11.9 Å². The largest absolute Gasteiger partial charge is 0.493 e. The zero-order chi connectivity index (χ0) is 42.2. The number of benzene rings is 2. The molecule has 0 radical (unpaired) electrons. The fraction of sp³-hybridized carbons (Fsp3) is 0.689. The number of carbonyl (C=O) groups is 2. The summed E-state index contributed by atoms with van der Waals surface area (Å²) in [5, 5.41) is 8.04. The smallest absolute Gasteiger partial charge is 0.310 e. The third-order valence-corrected chi connectivity index (χ3v) is 11.4. The van der Waals surface area contributed by atoms with Gasteiger partial charge in [0.25, 0.3) is 0 Å². The van der Waals surface area contributed by atoms with Gasteiger partial charge < -0.3 is 48.1 Å². The zero-order valence-corrected chi connectivity index (χ0v) is 36.7. The molecule has 4 atom stereocenters. The zero-order valence-electron chi connectivity index (χ0n) is 36.7. The number of nitrogens with zero attached hydrogens (tertiary/aromatic N) is 2. The number of methoxy groups -OCH3 is 5. The SMILES string of the molecule is CC(C)C(=O)OCO.CCCC(=O)OCOC.CN1CCC2CCCCC21.COc1ccc([C@@]23CCCCC2N(C)CC3)cc1OC.COc1ccccc1OC. The predicted molar refractivity (Wildman–Crippen MR) is 224 cm³/mol.